The zero-order chi connectivity index (χ0) is 11.5. The van der Waals surface area contributed by atoms with E-state index in [0.29, 0.717) is 23.4 Å². The van der Waals surface area contributed by atoms with E-state index in [2.05, 4.69) is 10.1 Å². The highest BCUT2D eigenvalue weighted by atomic mass is 32.1. The lowest BCUT2D eigenvalue weighted by molar-refractivity contribution is -0.112. The van der Waals surface area contributed by atoms with Gasteiger partial charge in [0, 0.05) is 5.38 Å². The van der Waals surface area contributed by atoms with E-state index in [1.54, 1.807) is 5.38 Å². The monoisotopic (exact) mass is 239 g/mol. The third kappa shape index (κ3) is 2.69. The minimum Gasteiger partial charge on any atom is -0.395 e. The third-order valence-corrected chi connectivity index (χ3v) is 2.82. The zero-order valence-corrected chi connectivity index (χ0v) is 9.29. The number of nitrogens with zero attached hydrogens (tertiary/aromatic N) is 2. The molecular formula is C9H11N4O2S. The molecule has 3 N–H and O–H groups in total. The molecule has 0 aliphatic heterocycles. The van der Waals surface area contributed by atoms with Crippen molar-refractivity contribution in [2.24, 2.45) is 11.1 Å². The normalized spacial score (nSPS) is 16.1. The molecule has 1 fully saturated rings. The maximum Gasteiger partial charge on any atom is 0.294 e. The summed E-state index contributed by atoms with van der Waals surface area (Å²) >= 11 is 1.20. The first-order chi connectivity index (χ1) is 7.66. The van der Waals surface area contributed by atoms with Crippen LogP contribution in [-0.4, -0.2) is 23.2 Å². The lowest BCUT2D eigenvalue weighted by Gasteiger charge is -1.99. The summed E-state index contributed by atoms with van der Waals surface area (Å²) in [5.41, 5.74) is 12.7. The lowest BCUT2D eigenvalue weighted by atomic mass is 10.3. The van der Waals surface area contributed by atoms with Crippen molar-refractivity contribution in [3.63, 3.8) is 0 Å². The Bertz CT molecular complexity index is 425. The van der Waals surface area contributed by atoms with Crippen LogP contribution < -0.4 is 11.5 Å². The summed E-state index contributed by atoms with van der Waals surface area (Å²) in [6.07, 6.45) is 2.28. The molecule has 1 heterocycles. The molecule has 0 aromatic carbocycles. The Balaban J connectivity index is 2.06. The minimum atomic E-state index is -0.916. The molecule has 1 aliphatic rings. The van der Waals surface area contributed by atoms with Gasteiger partial charge in [0.15, 0.2) is 10.8 Å². The van der Waals surface area contributed by atoms with Gasteiger partial charge in [0.25, 0.3) is 5.91 Å². The number of rotatable bonds is 5. The predicted molar refractivity (Wildman–Crippen MR) is 59.8 cm³/mol. The van der Waals surface area contributed by atoms with Crippen LogP contribution in [0.1, 0.15) is 18.5 Å². The Hall–Kier alpha value is -1.63. The van der Waals surface area contributed by atoms with Crippen LogP contribution >= 0.6 is 11.3 Å². The van der Waals surface area contributed by atoms with Crippen molar-refractivity contribution in [3.8, 4) is 0 Å². The fourth-order valence-corrected chi connectivity index (χ4v) is 1.64. The SMILES string of the molecule is [NH]C(=O)/C(=N\OCC1CC1)c1csc(N)n1. The molecule has 1 saturated carbocycles. The second kappa shape index (κ2) is 4.48. The molecule has 1 radical (unpaired) electrons. The van der Waals surface area contributed by atoms with Crippen molar-refractivity contribution in [2.75, 3.05) is 12.3 Å². The number of thiazole rings is 1. The molecule has 0 bridgehead atoms. The van der Waals surface area contributed by atoms with Gasteiger partial charge in [-0.1, -0.05) is 5.16 Å². The third-order valence-electron chi connectivity index (χ3n) is 2.14. The zero-order valence-electron chi connectivity index (χ0n) is 8.47. The van der Waals surface area contributed by atoms with Crippen LogP contribution in [-0.2, 0) is 9.63 Å². The van der Waals surface area contributed by atoms with Crippen molar-refractivity contribution >= 4 is 28.1 Å². The first kappa shape index (κ1) is 10.9. The number of nitrogens with two attached hydrogens (primary N) is 1. The van der Waals surface area contributed by atoms with E-state index >= 15 is 0 Å². The van der Waals surface area contributed by atoms with Crippen LogP contribution in [0.2, 0.25) is 0 Å². The summed E-state index contributed by atoms with van der Waals surface area (Å²) < 4.78 is 0. The lowest BCUT2D eigenvalue weighted by Crippen LogP contribution is -2.17. The quantitative estimate of drug-likeness (QED) is 0.602. The molecule has 7 heteroatoms. The van der Waals surface area contributed by atoms with Crippen molar-refractivity contribution in [2.45, 2.75) is 12.8 Å². The number of nitrogens with one attached hydrogen (secondary N) is 1. The summed E-state index contributed by atoms with van der Waals surface area (Å²) in [4.78, 5) is 19.9. The van der Waals surface area contributed by atoms with E-state index in [1.165, 1.54) is 11.3 Å². The second-order valence-corrected chi connectivity index (χ2v) is 4.47. The summed E-state index contributed by atoms with van der Waals surface area (Å²) in [6, 6.07) is 0. The molecule has 1 amide bonds. The molecule has 0 atom stereocenters. The number of anilines is 1. The first-order valence-electron chi connectivity index (χ1n) is 4.84. The van der Waals surface area contributed by atoms with Gasteiger partial charge in [0.05, 0.1) is 0 Å². The number of hydrogen-bond acceptors (Lipinski definition) is 6. The Morgan fingerprint density at radius 1 is 1.75 bits per heavy atom. The average Bonchev–Trinajstić information content (AvgIpc) is 2.95. The number of amides is 1. The van der Waals surface area contributed by atoms with Crippen LogP contribution in [0.25, 0.3) is 0 Å². The summed E-state index contributed by atoms with van der Waals surface area (Å²) in [5.74, 6) is -0.368. The van der Waals surface area contributed by atoms with Gasteiger partial charge in [-0.25, -0.2) is 4.98 Å². The van der Waals surface area contributed by atoms with Gasteiger partial charge in [0.1, 0.15) is 12.3 Å². The van der Waals surface area contributed by atoms with E-state index in [4.69, 9.17) is 16.3 Å². The molecule has 1 aliphatic carbocycles. The highest BCUT2D eigenvalue weighted by Crippen LogP contribution is 2.28. The molecule has 2 rings (SSSR count). The van der Waals surface area contributed by atoms with Crippen LogP contribution in [0.4, 0.5) is 5.13 Å². The molecule has 0 spiro atoms. The Labute approximate surface area is 96.3 Å². The number of oxime groups is 1. The van der Waals surface area contributed by atoms with Gasteiger partial charge in [-0.3, -0.25) is 10.5 Å². The number of aromatic nitrogens is 1. The summed E-state index contributed by atoms with van der Waals surface area (Å²) in [6.45, 7) is 0.496. The van der Waals surface area contributed by atoms with Crippen LogP contribution in [0.5, 0.6) is 0 Å². The highest BCUT2D eigenvalue weighted by molar-refractivity contribution is 7.13. The molecular weight excluding hydrogens is 228 g/mol. The van der Waals surface area contributed by atoms with Gasteiger partial charge < -0.3 is 10.6 Å². The van der Waals surface area contributed by atoms with E-state index in [0.717, 1.165) is 12.8 Å². The smallest absolute Gasteiger partial charge is 0.294 e. The van der Waals surface area contributed by atoms with E-state index in [9.17, 15) is 4.79 Å². The fraction of sp³-hybridized carbons (Fsp3) is 0.444. The Morgan fingerprint density at radius 2 is 2.50 bits per heavy atom. The fourth-order valence-electron chi connectivity index (χ4n) is 1.09. The largest absolute Gasteiger partial charge is 0.395 e. The number of nitrogen functional groups attached to an aromatic ring is 1. The minimum absolute atomic E-state index is 0.0893. The molecule has 85 valence electrons. The highest BCUT2D eigenvalue weighted by Gasteiger charge is 2.22. The number of carbonyl (C=O) groups is 1. The molecule has 16 heavy (non-hydrogen) atoms. The van der Waals surface area contributed by atoms with Crippen molar-refractivity contribution in [1.29, 1.82) is 0 Å². The number of hydrogen-bond donors (Lipinski definition) is 1. The van der Waals surface area contributed by atoms with E-state index < -0.39 is 5.91 Å². The van der Waals surface area contributed by atoms with Crippen molar-refractivity contribution in [3.05, 3.63) is 11.1 Å². The van der Waals surface area contributed by atoms with Gasteiger partial charge in [-0.05, 0) is 18.8 Å². The van der Waals surface area contributed by atoms with Gasteiger partial charge in [-0.2, -0.15) is 0 Å². The maximum atomic E-state index is 11.0. The molecule has 6 nitrogen and oxygen atoms in total. The van der Waals surface area contributed by atoms with Crippen molar-refractivity contribution < 1.29 is 9.63 Å². The molecule has 1 aromatic heterocycles. The van der Waals surface area contributed by atoms with Crippen LogP contribution in [0.15, 0.2) is 10.5 Å². The molecule has 0 saturated heterocycles. The van der Waals surface area contributed by atoms with Gasteiger partial charge in [0.2, 0.25) is 0 Å². The first-order valence-corrected chi connectivity index (χ1v) is 5.72. The van der Waals surface area contributed by atoms with Crippen LogP contribution in [0.3, 0.4) is 0 Å². The summed E-state index contributed by atoms with van der Waals surface area (Å²) in [7, 11) is 0. The van der Waals surface area contributed by atoms with Gasteiger partial charge >= 0.3 is 0 Å². The second-order valence-electron chi connectivity index (χ2n) is 3.58. The molecule has 0 unspecified atom stereocenters. The maximum absolute atomic E-state index is 11.0. The number of carbonyl (C=O) groups excluding carboxylic acids is 1. The standard InChI is InChI=1S/C9H11N4O2S/c10-8(14)7(6-4-16-9(11)12-6)13-15-3-5-1-2-5/h4-5,10H,1-3H2,(H2,11,12)/b13-7-. The van der Waals surface area contributed by atoms with Crippen molar-refractivity contribution in [1.82, 2.24) is 10.7 Å². The van der Waals surface area contributed by atoms with E-state index in [1.807, 2.05) is 0 Å². The van der Waals surface area contributed by atoms with Crippen LogP contribution in [0, 0.1) is 5.92 Å². The predicted octanol–water partition coefficient (Wildman–Crippen LogP) is 0.666. The van der Waals surface area contributed by atoms with Gasteiger partial charge in [-0.15, -0.1) is 11.3 Å². The molecule has 1 aromatic rings. The van der Waals surface area contributed by atoms with E-state index in [-0.39, 0.29) is 5.71 Å². The Kier molecular flexibility index (Phi) is 3.04. The summed E-state index contributed by atoms with van der Waals surface area (Å²) in [5, 5.41) is 5.58. The Morgan fingerprint density at radius 3 is 3.00 bits per heavy atom. The average molecular weight is 239 g/mol. The topological polar surface area (TPSA) is 101 Å².